The Morgan fingerprint density at radius 3 is 2.54 bits per heavy atom. The van der Waals surface area contributed by atoms with Gasteiger partial charge in [0.15, 0.2) is 0 Å². The van der Waals surface area contributed by atoms with Crippen molar-refractivity contribution in [2.45, 2.75) is 13.1 Å². The van der Waals surface area contributed by atoms with Gasteiger partial charge in [-0.15, -0.1) is 0 Å². The summed E-state index contributed by atoms with van der Waals surface area (Å²) in [5, 5.41) is 5.20. The molecule has 1 aliphatic heterocycles. The van der Waals surface area contributed by atoms with Crippen molar-refractivity contribution in [3.8, 4) is 0 Å². The first-order valence-corrected chi connectivity index (χ1v) is 9.29. The van der Waals surface area contributed by atoms with Crippen LogP contribution in [0.5, 0.6) is 0 Å². The fraction of sp³-hybridized carbons (Fsp3) is 0.333. The van der Waals surface area contributed by atoms with Gasteiger partial charge in [-0.3, -0.25) is 14.5 Å². The van der Waals surface area contributed by atoms with Crippen molar-refractivity contribution in [1.82, 2.24) is 15.5 Å². The minimum Gasteiger partial charge on any atom is -0.379 e. The second-order valence-electron chi connectivity index (χ2n) is 6.65. The van der Waals surface area contributed by atoms with E-state index in [1.807, 2.05) is 12.1 Å². The van der Waals surface area contributed by atoms with Gasteiger partial charge in [0.2, 0.25) is 5.91 Å². The number of ether oxygens (including phenoxy) is 1. The number of rotatable bonds is 7. The molecule has 0 radical (unpaired) electrons. The normalized spacial score (nSPS) is 14.5. The quantitative estimate of drug-likeness (QED) is 0.761. The second kappa shape index (κ2) is 9.96. The van der Waals surface area contributed by atoms with Crippen LogP contribution >= 0.6 is 0 Å². The van der Waals surface area contributed by atoms with E-state index in [2.05, 4.69) is 27.7 Å². The molecular weight excluding hydrogens is 361 g/mol. The van der Waals surface area contributed by atoms with Crippen LogP contribution in [0.25, 0.3) is 0 Å². The summed E-state index contributed by atoms with van der Waals surface area (Å²) in [4.78, 5) is 26.3. The zero-order chi connectivity index (χ0) is 19.8. The molecule has 0 saturated carbocycles. The van der Waals surface area contributed by atoms with Crippen molar-refractivity contribution in [2.24, 2.45) is 0 Å². The van der Waals surface area contributed by atoms with Gasteiger partial charge in [-0.05, 0) is 23.3 Å². The average molecular weight is 385 g/mol. The van der Waals surface area contributed by atoms with E-state index in [9.17, 15) is 14.0 Å². The lowest BCUT2D eigenvalue weighted by atomic mass is 10.1. The Balaban J connectivity index is 1.44. The van der Waals surface area contributed by atoms with Crippen LogP contribution in [0.2, 0.25) is 0 Å². The van der Waals surface area contributed by atoms with E-state index in [1.165, 1.54) is 23.8 Å². The predicted molar refractivity (Wildman–Crippen MR) is 103 cm³/mol. The van der Waals surface area contributed by atoms with Crippen molar-refractivity contribution < 1.29 is 18.7 Å². The van der Waals surface area contributed by atoms with Crippen molar-refractivity contribution in [3.63, 3.8) is 0 Å². The number of carbonyl (C=O) groups excluding carboxylic acids is 2. The highest BCUT2D eigenvalue weighted by molar-refractivity contribution is 5.96. The number of hydrogen-bond acceptors (Lipinski definition) is 4. The van der Waals surface area contributed by atoms with Crippen LogP contribution in [0.1, 0.15) is 21.5 Å². The van der Waals surface area contributed by atoms with Gasteiger partial charge in [-0.25, -0.2) is 4.39 Å². The van der Waals surface area contributed by atoms with E-state index in [4.69, 9.17) is 4.74 Å². The number of benzene rings is 2. The molecule has 0 atom stereocenters. The number of carbonyl (C=O) groups is 2. The van der Waals surface area contributed by atoms with Crippen molar-refractivity contribution in [3.05, 3.63) is 71.0 Å². The monoisotopic (exact) mass is 385 g/mol. The number of halogens is 1. The summed E-state index contributed by atoms with van der Waals surface area (Å²) in [7, 11) is 0. The second-order valence-corrected chi connectivity index (χ2v) is 6.65. The highest BCUT2D eigenvalue weighted by Crippen LogP contribution is 2.10. The van der Waals surface area contributed by atoms with Gasteiger partial charge < -0.3 is 15.4 Å². The molecule has 0 aliphatic carbocycles. The standard InChI is InChI=1S/C21H24FN3O3/c22-19-7-2-1-6-18(19)21(27)24-14-20(26)23-13-16-4-3-5-17(12-16)15-25-8-10-28-11-9-25/h1-7,12H,8-11,13-15H2,(H,23,26)(H,24,27). The Bertz CT molecular complexity index is 822. The maximum Gasteiger partial charge on any atom is 0.254 e. The molecule has 0 spiro atoms. The smallest absolute Gasteiger partial charge is 0.254 e. The largest absolute Gasteiger partial charge is 0.379 e. The number of nitrogens with one attached hydrogen (secondary N) is 2. The number of amides is 2. The summed E-state index contributed by atoms with van der Waals surface area (Å²) < 4.78 is 18.9. The van der Waals surface area contributed by atoms with E-state index in [0.29, 0.717) is 6.54 Å². The van der Waals surface area contributed by atoms with E-state index < -0.39 is 11.7 Å². The van der Waals surface area contributed by atoms with Gasteiger partial charge in [0.05, 0.1) is 25.3 Å². The molecular formula is C21H24FN3O3. The fourth-order valence-corrected chi connectivity index (χ4v) is 3.02. The van der Waals surface area contributed by atoms with Crippen molar-refractivity contribution >= 4 is 11.8 Å². The first-order chi connectivity index (χ1) is 13.6. The van der Waals surface area contributed by atoms with Gasteiger partial charge in [-0.2, -0.15) is 0 Å². The Morgan fingerprint density at radius 1 is 1.00 bits per heavy atom. The number of nitrogens with zero attached hydrogens (tertiary/aromatic N) is 1. The zero-order valence-corrected chi connectivity index (χ0v) is 15.6. The minimum absolute atomic E-state index is 0.0777. The molecule has 7 heteroatoms. The van der Waals surface area contributed by atoms with Crippen LogP contribution in [0.3, 0.4) is 0 Å². The molecule has 28 heavy (non-hydrogen) atoms. The maximum absolute atomic E-state index is 13.6. The summed E-state index contributed by atoms with van der Waals surface area (Å²) >= 11 is 0. The molecule has 1 saturated heterocycles. The summed E-state index contributed by atoms with van der Waals surface area (Å²) in [6.45, 7) is 4.36. The van der Waals surface area contributed by atoms with Crippen LogP contribution in [0.4, 0.5) is 4.39 Å². The topological polar surface area (TPSA) is 70.7 Å². The lowest BCUT2D eigenvalue weighted by molar-refractivity contribution is -0.120. The van der Waals surface area contributed by atoms with Gasteiger partial charge in [0, 0.05) is 26.2 Å². The molecule has 2 amide bonds. The van der Waals surface area contributed by atoms with Crippen molar-refractivity contribution in [2.75, 3.05) is 32.8 Å². The molecule has 1 aliphatic rings. The van der Waals surface area contributed by atoms with Crippen LogP contribution in [-0.2, 0) is 22.6 Å². The molecule has 148 valence electrons. The number of hydrogen-bond donors (Lipinski definition) is 2. The average Bonchev–Trinajstić information content (AvgIpc) is 2.72. The Kier molecular flexibility index (Phi) is 7.11. The summed E-state index contributed by atoms with van der Waals surface area (Å²) in [5.41, 5.74) is 2.09. The van der Waals surface area contributed by atoms with Gasteiger partial charge in [-0.1, -0.05) is 36.4 Å². The molecule has 0 unspecified atom stereocenters. The van der Waals surface area contributed by atoms with Gasteiger partial charge in [0.1, 0.15) is 5.82 Å². The summed E-state index contributed by atoms with van der Waals surface area (Å²) in [5.74, 6) is -1.55. The zero-order valence-electron chi connectivity index (χ0n) is 15.6. The lowest BCUT2D eigenvalue weighted by Gasteiger charge is -2.26. The van der Waals surface area contributed by atoms with Crippen LogP contribution < -0.4 is 10.6 Å². The van der Waals surface area contributed by atoms with E-state index in [1.54, 1.807) is 6.07 Å². The fourth-order valence-electron chi connectivity index (χ4n) is 3.02. The molecule has 6 nitrogen and oxygen atoms in total. The van der Waals surface area contributed by atoms with Crippen LogP contribution in [0.15, 0.2) is 48.5 Å². The number of morpholine rings is 1. The third kappa shape index (κ3) is 5.87. The molecule has 2 N–H and O–H groups in total. The minimum atomic E-state index is -0.613. The molecule has 1 heterocycles. The Hall–Kier alpha value is -2.77. The summed E-state index contributed by atoms with van der Waals surface area (Å²) in [6, 6.07) is 13.7. The molecule has 1 fully saturated rings. The van der Waals surface area contributed by atoms with Gasteiger partial charge in [0.25, 0.3) is 5.91 Å². The molecule has 3 rings (SSSR count). The van der Waals surface area contributed by atoms with Crippen molar-refractivity contribution in [1.29, 1.82) is 0 Å². The van der Waals surface area contributed by atoms with Crippen LogP contribution in [0, 0.1) is 5.82 Å². The molecule has 0 bridgehead atoms. The first-order valence-electron chi connectivity index (χ1n) is 9.29. The highest BCUT2D eigenvalue weighted by atomic mass is 19.1. The van der Waals surface area contributed by atoms with E-state index >= 15 is 0 Å². The Labute approximate surface area is 163 Å². The predicted octanol–water partition coefficient (Wildman–Crippen LogP) is 1.70. The molecule has 0 aromatic heterocycles. The third-order valence-electron chi connectivity index (χ3n) is 4.52. The Morgan fingerprint density at radius 2 is 1.75 bits per heavy atom. The third-order valence-corrected chi connectivity index (χ3v) is 4.52. The SMILES string of the molecule is O=C(CNC(=O)c1ccccc1F)NCc1cccc(CN2CCOCC2)c1. The molecule has 2 aromatic carbocycles. The first kappa shape index (κ1) is 20.0. The summed E-state index contributed by atoms with van der Waals surface area (Å²) in [6.07, 6.45) is 0. The maximum atomic E-state index is 13.6. The van der Waals surface area contributed by atoms with Crippen LogP contribution in [-0.4, -0.2) is 49.6 Å². The van der Waals surface area contributed by atoms with E-state index in [-0.39, 0.29) is 18.0 Å². The molecule has 2 aromatic rings. The highest BCUT2D eigenvalue weighted by Gasteiger charge is 2.13. The lowest BCUT2D eigenvalue weighted by Crippen LogP contribution is -2.37. The van der Waals surface area contributed by atoms with Gasteiger partial charge >= 0.3 is 0 Å². The van der Waals surface area contributed by atoms with E-state index in [0.717, 1.165) is 38.4 Å².